The van der Waals surface area contributed by atoms with Crippen LogP contribution in [0.5, 0.6) is 0 Å². The summed E-state index contributed by atoms with van der Waals surface area (Å²) in [5.74, 6) is -0.801. The third-order valence-corrected chi connectivity index (χ3v) is 4.59. The monoisotopic (exact) mass is 315 g/mol. The summed E-state index contributed by atoms with van der Waals surface area (Å²) < 4.78 is 5.59. The van der Waals surface area contributed by atoms with Crippen LogP contribution in [0, 0.1) is 19.8 Å². The van der Waals surface area contributed by atoms with Crippen molar-refractivity contribution in [3.05, 3.63) is 35.1 Å². The molecule has 2 aromatic rings. The van der Waals surface area contributed by atoms with Crippen LogP contribution in [0.25, 0.3) is 11.0 Å². The van der Waals surface area contributed by atoms with Crippen molar-refractivity contribution >= 4 is 22.8 Å². The standard InChI is InChI=1S/C18H21NO4/c1-10-3-6-14-13(9-23-17(14)11(10)2)8-16(20)19-15(18(21)22)7-12-4-5-12/h3,6,9,12,15H,4-5,7-8H2,1-2H3,(H,19,20)(H,21,22). The van der Waals surface area contributed by atoms with Crippen LogP contribution >= 0.6 is 0 Å². The summed E-state index contributed by atoms with van der Waals surface area (Å²) >= 11 is 0. The zero-order valence-corrected chi connectivity index (χ0v) is 13.4. The predicted octanol–water partition coefficient (Wildman–Crippen LogP) is 2.96. The number of aryl methyl sites for hydroxylation is 2. The van der Waals surface area contributed by atoms with Crippen LogP contribution in [0.4, 0.5) is 0 Å². The van der Waals surface area contributed by atoms with E-state index in [2.05, 4.69) is 5.32 Å². The fraction of sp³-hybridized carbons (Fsp3) is 0.444. The lowest BCUT2D eigenvalue weighted by molar-refractivity contribution is -0.142. The van der Waals surface area contributed by atoms with Crippen molar-refractivity contribution in [3.8, 4) is 0 Å². The van der Waals surface area contributed by atoms with E-state index in [-0.39, 0.29) is 12.3 Å². The number of benzene rings is 1. The number of rotatable bonds is 6. The molecule has 1 aromatic heterocycles. The van der Waals surface area contributed by atoms with Gasteiger partial charge in [-0.3, -0.25) is 4.79 Å². The van der Waals surface area contributed by atoms with Crippen molar-refractivity contribution < 1.29 is 19.1 Å². The van der Waals surface area contributed by atoms with Gasteiger partial charge in [-0.1, -0.05) is 25.0 Å². The summed E-state index contributed by atoms with van der Waals surface area (Å²) in [4.78, 5) is 23.5. The van der Waals surface area contributed by atoms with Gasteiger partial charge in [0.15, 0.2) is 0 Å². The number of carboxylic acid groups (broad SMARTS) is 1. The van der Waals surface area contributed by atoms with Gasteiger partial charge in [0.25, 0.3) is 0 Å². The topological polar surface area (TPSA) is 79.5 Å². The van der Waals surface area contributed by atoms with Crippen molar-refractivity contribution in [1.29, 1.82) is 0 Å². The maximum absolute atomic E-state index is 12.2. The maximum atomic E-state index is 12.2. The van der Waals surface area contributed by atoms with Crippen molar-refractivity contribution in [2.24, 2.45) is 5.92 Å². The minimum atomic E-state index is -0.964. The zero-order valence-electron chi connectivity index (χ0n) is 13.4. The first-order valence-corrected chi connectivity index (χ1v) is 7.94. The van der Waals surface area contributed by atoms with Gasteiger partial charge in [0.2, 0.25) is 5.91 Å². The summed E-state index contributed by atoms with van der Waals surface area (Å²) in [6.07, 6.45) is 4.36. The second kappa shape index (κ2) is 6.07. The van der Waals surface area contributed by atoms with E-state index in [1.165, 1.54) is 0 Å². The molecule has 1 aromatic carbocycles. The number of fused-ring (bicyclic) bond motifs is 1. The Bertz CT molecular complexity index is 758. The summed E-state index contributed by atoms with van der Waals surface area (Å²) in [7, 11) is 0. The number of aliphatic carboxylic acids is 1. The van der Waals surface area contributed by atoms with Gasteiger partial charge in [0.1, 0.15) is 11.6 Å². The smallest absolute Gasteiger partial charge is 0.326 e. The quantitative estimate of drug-likeness (QED) is 0.859. The Morgan fingerprint density at radius 1 is 1.35 bits per heavy atom. The van der Waals surface area contributed by atoms with Gasteiger partial charge < -0.3 is 14.8 Å². The Kier molecular flexibility index (Phi) is 4.11. The van der Waals surface area contributed by atoms with Gasteiger partial charge in [-0.2, -0.15) is 0 Å². The highest BCUT2D eigenvalue weighted by molar-refractivity contribution is 5.91. The minimum absolute atomic E-state index is 0.129. The van der Waals surface area contributed by atoms with Gasteiger partial charge in [0, 0.05) is 10.9 Å². The summed E-state index contributed by atoms with van der Waals surface area (Å²) in [6, 6.07) is 3.15. The zero-order chi connectivity index (χ0) is 16.6. The Balaban J connectivity index is 1.72. The number of carbonyl (C=O) groups is 2. The Morgan fingerprint density at radius 2 is 2.09 bits per heavy atom. The number of carbonyl (C=O) groups excluding carboxylic acids is 1. The number of carboxylic acids is 1. The molecule has 1 unspecified atom stereocenters. The molecule has 1 aliphatic carbocycles. The molecule has 0 bridgehead atoms. The molecule has 0 spiro atoms. The average molecular weight is 315 g/mol. The molecule has 2 N–H and O–H groups in total. The highest BCUT2D eigenvalue weighted by Crippen LogP contribution is 2.33. The highest BCUT2D eigenvalue weighted by atomic mass is 16.4. The van der Waals surface area contributed by atoms with Crippen molar-refractivity contribution in [3.63, 3.8) is 0 Å². The molecule has 0 saturated heterocycles. The molecule has 1 amide bonds. The largest absolute Gasteiger partial charge is 0.480 e. The predicted molar refractivity (Wildman–Crippen MR) is 86.3 cm³/mol. The van der Waals surface area contributed by atoms with Crippen molar-refractivity contribution in [1.82, 2.24) is 5.32 Å². The van der Waals surface area contributed by atoms with Crippen LogP contribution in [0.1, 0.15) is 36.0 Å². The summed E-state index contributed by atoms with van der Waals surface area (Å²) in [5.41, 5.74) is 3.78. The van der Waals surface area contributed by atoms with Gasteiger partial charge in [0.05, 0.1) is 12.7 Å². The first kappa shape index (κ1) is 15.6. The normalized spacial score (nSPS) is 15.6. The molecule has 1 atom stereocenters. The van der Waals surface area contributed by atoms with E-state index in [1.807, 2.05) is 26.0 Å². The number of amides is 1. The number of furan rings is 1. The molecule has 122 valence electrons. The van der Waals surface area contributed by atoms with Gasteiger partial charge >= 0.3 is 5.97 Å². The average Bonchev–Trinajstić information content (AvgIpc) is 3.22. The first-order chi connectivity index (χ1) is 11.0. The minimum Gasteiger partial charge on any atom is -0.480 e. The first-order valence-electron chi connectivity index (χ1n) is 7.94. The van der Waals surface area contributed by atoms with Crippen molar-refractivity contribution in [2.75, 3.05) is 0 Å². The van der Waals surface area contributed by atoms with E-state index < -0.39 is 12.0 Å². The van der Waals surface area contributed by atoms with E-state index in [0.29, 0.717) is 12.3 Å². The lowest BCUT2D eigenvalue weighted by atomic mass is 10.0. The lowest BCUT2D eigenvalue weighted by Crippen LogP contribution is -2.41. The Morgan fingerprint density at radius 3 is 2.74 bits per heavy atom. The number of nitrogens with one attached hydrogen (secondary N) is 1. The van der Waals surface area contributed by atoms with Crippen LogP contribution in [0.3, 0.4) is 0 Å². The summed E-state index contributed by atoms with van der Waals surface area (Å²) in [5, 5.41) is 12.8. The fourth-order valence-corrected chi connectivity index (χ4v) is 2.85. The van der Waals surface area contributed by atoms with Crippen molar-refractivity contribution in [2.45, 2.75) is 45.6 Å². The van der Waals surface area contributed by atoms with Crippen LogP contribution < -0.4 is 5.32 Å². The van der Waals surface area contributed by atoms with E-state index >= 15 is 0 Å². The third kappa shape index (κ3) is 3.38. The van der Waals surface area contributed by atoms with Gasteiger partial charge in [-0.15, -0.1) is 0 Å². The Hall–Kier alpha value is -2.30. The van der Waals surface area contributed by atoms with Crippen LogP contribution in [0.15, 0.2) is 22.8 Å². The van der Waals surface area contributed by atoms with Crippen LogP contribution in [0.2, 0.25) is 0 Å². The maximum Gasteiger partial charge on any atom is 0.326 e. The summed E-state index contributed by atoms with van der Waals surface area (Å²) in [6.45, 7) is 4.00. The number of hydrogen-bond acceptors (Lipinski definition) is 3. The molecule has 0 radical (unpaired) electrons. The van der Waals surface area contributed by atoms with Gasteiger partial charge in [-0.05, 0) is 37.3 Å². The molecule has 3 rings (SSSR count). The molecular formula is C18H21NO4. The molecule has 5 nitrogen and oxygen atoms in total. The second-order valence-corrected chi connectivity index (χ2v) is 6.46. The molecule has 23 heavy (non-hydrogen) atoms. The molecule has 1 heterocycles. The SMILES string of the molecule is Cc1ccc2c(CC(=O)NC(CC3CC3)C(=O)O)coc2c1C. The van der Waals surface area contributed by atoms with E-state index in [9.17, 15) is 14.7 Å². The molecule has 1 aliphatic rings. The van der Waals surface area contributed by atoms with Crippen LogP contribution in [-0.4, -0.2) is 23.0 Å². The Labute approximate surface area is 134 Å². The molecule has 1 saturated carbocycles. The molecule has 1 fully saturated rings. The lowest BCUT2D eigenvalue weighted by Gasteiger charge is -2.13. The number of hydrogen-bond donors (Lipinski definition) is 2. The molecule has 5 heteroatoms. The third-order valence-electron chi connectivity index (χ3n) is 4.59. The molecule has 0 aliphatic heterocycles. The molecular weight excluding hydrogens is 294 g/mol. The highest BCUT2D eigenvalue weighted by Gasteiger charge is 2.30. The van der Waals surface area contributed by atoms with E-state index in [0.717, 1.165) is 40.5 Å². The van der Waals surface area contributed by atoms with Gasteiger partial charge in [-0.25, -0.2) is 4.79 Å². The van der Waals surface area contributed by atoms with E-state index in [1.54, 1.807) is 6.26 Å². The van der Waals surface area contributed by atoms with E-state index in [4.69, 9.17) is 4.42 Å². The second-order valence-electron chi connectivity index (χ2n) is 6.46. The van der Waals surface area contributed by atoms with Crippen LogP contribution in [-0.2, 0) is 16.0 Å². The fourth-order valence-electron chi connectivity index (χ4n) is 2.85.